The standard InChI is InChI=1S/C25H19F3N4O3/c26-25(27,28)19-4-2-1-3-16(19)13-32-21-8-7-18(12-22(21)35-14-23(32)33)31-24(34)30-17-6-5-15-9-10-29-20(15)11-17/h1-12,29H,13-14H2,(H2,30,31,34). The van der Waals surface area contributed by atoms with Crippen molar-refractivity contribution in [3.05, 3.63) is 84.1 Å². The maximum atomic E-state index is 13.4. The predicted molar refractivity (Wildman–Crippen MR) is 126 cm³/mol. The van der Waals surface area contributed by atoms with E-state index in [9.17, 15) is 22.8 Å². The number of benzene rings is 3. The van der Waals surface area contributed by atoms with Gasteiger partial charge < -0.3 is 25.3 Å². The molecule has 4 aromatic rings. The molecular weight excluding hydrogens is 461 g/mol. The largest absolute Gasteiger partial charge is 0.481 e. The lowest BCUT2D eigenvalue weighted by Gasteiger charge is -2.30. The molecule has 0 spiro atoms. The average molecular weight is 480 g/mol. The summed E-state index contributed by atoms with van der Waals surface area (Å²) in [7, 11) is 0. The highest BCUT2D eigenvalue weighted by molar-refractivity contribution is 6.02. The summed E-state index contributed by atoms with van der Waals surface area (Å²) in [4.78, 5) is 29.3. The predicted octanol–water partition coefficient (Wildman–Crippen LogP) is 5.76. The van der Waals surface area contributed by atoms with Gasteiger partial charge in [0.1, 0.15) is 5.75 Å². The van der Waals surface area contributed by atoms with Crippen molar-refractivity contribution in [3.63, 3.8) is 0 Å². The Hall–Kier alpha value is -4.47. The van der Waals surface area contributed by atoms with Gasteiger partial charge in [0.25, 0.3) is 5.91 Å². The van der Waals surface area contributed by atoms with Crippen LogP contribution in [-0.2, 0) is 17.5 Å². The van der Waals surface area contributed by atoms with E-state index in [4.69, 9.17) is 4.74 Å². The summed E-state index contributed by atoms with van der Waals surface area (Å²) in [6.07, 6.45) is -2.74. The Bertz CT molecular complexity index is 1430. The molecule has 1 aliphatic heterocycles. The molecule has 1 aliphatic rings. The number of amides is 3. The summed E-state index contributed by atoms with van der Waals surface area (Å²) >= 11 is 0. The first kappa shape index (κ1) is 22.3. The molecule has 7 nitrogen and oxygen atoms in total. The summed E-state index contributed by atoms with van der Waals surface area (Å²) in [5.74, 6) is -0.188. The molecule has 10 heteroatoms. The zero-order chi connectivity index (χ0) is 24.6. The van der Waals surface area contributed by atoms with Crippen LogP contribution in [-0.4, -0.2) is 23.5 Å². The third-order valence-electron chi connectivity index (χ3n) is 5.62. The lowest BCUT2D eigenvalue weighted by Crippen LogP contribution is -2.38. The molecular formula is C25H19F3N4O3. The van der Waals surface area contributed by atoms with E-state index in [0.717, 1.165) is 17.0 Å². The van der Waals surface area contributed by atoms with E-state index in [1.54, 1.807) is 24.4 Å². The second-order valence-corrected chi connectivity index (χ2v) is 7.96. The number of hydrogen-bond acceptors (Lipinski definition) is 3. The minimum Gasteiger partial charge on any atom is -0.481 e. The highest BCUT2D eigenvalue weighted by Crippen LogP contribution is 2.38. The molecule has 0 aliphatic carbocycles. The van der Waals surface area contributed by atoms with Crippen molar-refractivity contribution in [1.82, 2.24) is 4.98 Å². The van der Waals surface area contributed by atoms with E-state index in [1.807, 2.05) is 12.1 Å². The number of anilines is 3. The molecule has 0 bridgehead atoms. The Morgan fingerprint density at radius 3 is 2.54 bits per heavy atom. The number of urea groups is 1. The zero-order valence-corrected chi connectivity index (χ0v) is 18.1. The zero-order valence-electron chi connectivity index (χ0n) is 18.1. The van der Waals surface area contributed by atoms with Crippen molar-refractivity contribution in [1.29, 1.82) is 0 Å². The number of carbonyl (C=O) groups excluding carboxylic acids is 2. The molecule has 178 valence electrons. The number of rotatable bonds is 4. The van der Waals surface area contributed by atoms with Crippen LogP contribution >= 0.6 is 0 Å². The van der Waals surface area contributed by atoms with Crippen LogP contribution < -0.4 is 20.3 Å². The normalized spacial score (nSPS) is 13.3. The monoisotopic (exact) mass is 480 g/mol. The number of hydrogen-bond donors (Lipinski definition) is 3. The Morgan fingerprint density at radius 2 is 1.74 bits per heavy atom. The minimum absolute atomic E-state index is 0.0261. The Morgan fingerprint density at radius 1 is 1.00 bits per heavy atom. The first-order valence-electron chi connectivity index (χ1n) is 10.7. The highest BCUT2D eigenvalue weighted by atomic mass is 19.4. The number of carbonyl (C=O) groups is 2. The SMILES string of the molecule is O=C(Nc1ccc2c(c1)OCC(=O)N2Cc1ccccc1C(F)(F)F)Nc1ccc2cc[nH]c2c1. The fourth-order valence-corrected chi connectivity index (χ4v) is 3.98. The molecule has 0 fully saturated rings. The van der Waals surface area contributed by atoms with Crippen molar-refractivity contribution < 1.29 is 27.5 Å². The minimum atomic E-state index is -4.54. The fraction of sp³-hybridized carbons (Fsp3) is 0.120. The van der Waals surface area contributed by atoms with Gasteiger partial charge in [-0.05, 0) is 47.3 Å². The molecule has 0 saturated carbocycles. The summed E-state index contributed by atoms with van der Waals surface area (Å²) in [6.45, 7) is -0.591. The molecule has 0 saturated heterocycles. The van der Waals surface area contributed by atoms with Gasteiger partial charge in [-0.3, -0.25) is 4.79 Å². The van der Waals surface area contributed by atoms with Crippen LogP contribution in [0.2, 0.25) is 0 Å². The summed E-state index contributed by atoms with van der Waals surface area (Å²) in [5, 5.41) is 6.45. The quantitative estimate of drug-likeness (QED) is 0.347. The fourth-order valence-electron chi connectivity index (χ4n) is 3.98. The first-order chi connectivity index (χ1) is 16.8. The number of alkyl halides is 3. The summed E-state index contributed by atoms with van der Waals surface area (Å²) < 4.78 is 45.7. The van der Waals surface area contributed by atoms with Gasteiger partial charge in [0, 0.05) is 29.2 Å². The van der Waals surface area contributed by atoms with E-state index in [-0.39, 0.29) is 24.5 Å². The Kier molecular flexibility index (Phi) is 5.56. The van der Waals surface area contributed by atoms with Crippen molar-refractivity contribution in [2.75, 3.05) is 22.1 Å². The summed E-state index contributed by atoms with van der Waals surface area (Å²) in [5.41, 5.74) is 1.36. The van der Waals surface area contributed by atoms with Gasteiger partial charge in [0.05, 0.1) is 17.8 Å². The van der Waals surface area contributed by atoms with Crippen LogP contribution in [0.15, 0.2) is 72.9 Å². The third kappa shape index (κ3) is 4.63. The van der Waals surface area contributed by atoms with E-state index >= 15 is 0 Å². The molecule has 5 rings (SSSR count). The van der Waals surface area contributed by atoms with Crippen molar-refractivity contribution in [3.8, 4) is 5.75 Å². The van der Waals surface area contributed by atoms with Crippen LogP contribution in [0, 0.1) is 0 Å². The number of halogens is 3. The maximum absolute atomic E-state index is 13.4. The summed E-state index contributed by atoms with van der Waals surface area (Å²) in [6, 6.07) is 16.6. The molecule has 3 amide bonds. The number of fused-ring (bicyclic) bond motifs is 2. The van der Waals surface area contributed by atoms with E-state index in [2.05, 4.69) is 15.6 Å². The lowest BCUT2D eigenvalue weighted by atomic mass is 10.1. The smallest absolute Gasteiger partial charge is 0.416 e. The molecule has 35 heavy (non-hydrogen) atoms. The second kappa shape index (κ2) is 8.71. The van der Waals surface area contributed by atoms with Gasteiger partial charge in [-0.25, -0.2) is 4.79 Å². The topological polar surface area (TPSA) is 86.5 Å². The van der Waals surface area contributed by atoms with Crippen molar-refractivity contribution in [2.45, 2.75) is 12.7 Å². The van der Waals surface area contributed by atoms with E-state index in [1.165, 1.54) is 35.2 Å². The highest BCUT2D eigenvalue weighted by Gasteiger charge is 2.35. The average Bonchev–Trinajstić information content (AvgIpc) is 3.28. The van der Waals surface area contributed by atoms with E-state index in [0.29, 0.717) is 17.1 Å². The van der Waals surface area contributed by atoms with Crippen molar-refractivity contribution in [2.24, 2.45) is 0 Å². The molecule has 1 aromatic heterocycles. The number of nitrogens with zero attached hydrogens (tertiary/aromatic N) is 1. The van der Waals surface area contributed by atoms with Gasteiger partial charge >= 0.3 is 12.2 Å². The van der Waals surface area contributed by atoms with E-state index < -0.39 is 23.7 Å². The lowest BCUT2D eigenvalue weighted by molar-refractivity contribution is -0.138. The van der Waals surface area contributed by atoms with Crippen LogP contribution in [0.25, 0.3) is 10.9 Å². The van der Waals surface area contributed by atoms with Gasteiger partial charge in [0.2, 0.25) is 0 Å². The molecule has 0 unspecified atom stereocenters. The number of H-pyrrole nitrogens is 1. The number of aromatic amines is 1. The molecule has 0 radical (unpaired) electrons. The molecule has 3 N–H and O–H groups in total. The van der Waals surface area contributed by atoms with Gasteiger partial charge in [0.15, 0.2) is 6.61 Å². The third-order valence-corrected chi connectivity index (χ3v) is 5.62. The van der Waals surface area contributed by atoms with Gasteiger partial charge in [-0.2, -0.15) is 13.2 Å². The first-order valence-corrected chi connectivity index (χ1v) is 10.7. The molecule has 3 aromatic carbocycles. The van der Waals surface area contributed by atoms with Gasteiger partial charge in [-0.15, -0.1) is 0 Å². The molecule has 2 heterocycles. The number of aromatic nitrogens is 1. The van der Waals surface area contributed by atoms with Crippen LogP contribution in [0.5, 0.6) is 5.75 Å². The van der Waals surface area contributed by atoms with Crippen molar-refractivity contribution >= 4 is 39.9 Å². The van der Waals surface area contributed by atoms with Crippen LogP contribution in [0.3, 0.4) is 0 Å². The van der Waals surface area contributed by atoms with Gasteiger partial charge in [-0.1, -0.05) is 24.3 Å². The van der Waals surface area contributed by atoms with Crippen LogP contribution in [0.1, 0.15) is 11.1 Å². The number of nitrogens with one attached hydrogen (secondary N) is 3. The Labute approximate surface area is 197 Å². The van der Waals surface area contributed by atoms with Crippen LogP contribution in [0.4, 0.5) is 35.0 Å². The number of ether oxygens (including phenoxy) is 1. The Balaban J connectivity index is 1.33. The molecule has 0 atom stereocenters. The second-order valence-electron chi connectivity index (χ2n) is 7.96. The maximum Gasteiger partial charge on any atom is 0.416 e.